The lowest BCUT2D eigenvalue weighted by Crippen LogP contribution is -2.51. The molecule has 0 aliphatic carbocycles. The molecular weight excluding hydrogens is 408 g/mol. The van der Waals surface area contributed by atoms with Crippen molar-refractivity contribution in [3.63, 3.8) is 0 Å². The number of esters is 1. The molecule has 158 valence electrons. The molecule has 2 N–H and O–H groups in total. The molecule has 0 bridgehead atoms. The number of thiazole rings is 1. The van der Waals surface area contributed by atoms with E-state index in [-0.39, 0.29) is 16.7 Å². The summed E-state index contributed by atoms with van der Waals surface area (Å²) in [5.41, 5.74) is 0.710. The molecular formula is C20H22N4O5S. The maximum atomic E-state index is 13.1. The molecule has 3 rings (SSSR count). The first kappa shape index (κ1) is 21.4. The van der Waals surface area contributed by atoms with Crippen molar-refractivity contribution in [2.24, 2.45) is 5.92 Å². The van der Waals surface area contributed by atoms with Crippen molar-refractivity contribution < 1.29 is 23.9 Å². The Morgan fingerprint density at radius 2 is 2.00 bits per heavy atom. The summed E-state index contributed by atoms with van der Waals surface area (Å²) in [6, 6.07) is 6.36. The number of amides is 4. The number of hydrogen-bond donors (Lipinski definition) is 2. The quantitative estimate of drug-likeness (QED) is 0.515. The maximum Gasteiger partial charge on any atom is 0.357 e. The molecule has 4 amide bonds. The van der Waals surface area contributed by atoms with E-state index in [9.17, 15) is 19.2 Å². The lowest BCUT2D eigenvalue weighted by atomic mass is 9.96. The minimum Gasteiger partial charge on any atom is -0.464 e. The molecule has 0 radical (unpaired) electrons. The summed E-state index contributed by atoms with van der Waals surface area (Å²) in [6.07, 6.45) is 0.566. The third kappa shape index (κ3) is 4.18. The molecule has 3 atom stereocenters. The lowest BCUT2D eigenvalue weighted by Gasteiger charge is -2.28. The molecule has 0 spiro atoms. The van der Waals surface area contributed by atoms with Gasteiger partial charge in [-0.15, -0.1) is 11.3 Å². The van der Waals surface area contributed by atoms with E-state index in [1.165, 1.54) is 12.5 Å². The van der Waals surface area contributed by atoms with Crippen molar-refractivity contribution in [3.8, 4) is 0 Å². The van der Waals surface area contributed by atoms with E-state index in [0.29, 0.717) is 12.0 Å². The summed E-state index contributed by atoms with van der Waals surface area (Å²) >= 11 is 1.05. The van der Waals surface area contributed by atoms with E-state index in [0.717, 1.165) is 16.2 Å². The van der Waals surface area contributed by atoms with Crippen molar-refractivity contribution in [1.82, 2.24) is 15.2 Å². The van der Waals surface area contributed by atoms with Crippen LogP contribution in [0.2, 0.25) is 0 Å². The standard InChI is InChI=1S/C20H22N4O5S/c1-4-11(2)15(16(25)23-19-21-13(10-30-19)18(27)29-3)24-17(26)14(22-20(24)28)12-8-6-5-7-9-12/h5-11,14-15H,4H2,1-3H3,(H,22,28)(H,21,23,25)/t11?,14-,15?/m1/s1. The number of nitrogens with one attached hydrogen (secondary N) is 2. The highest BCUT2D eigenvalue weighted by atomic mass is 32.1. The molecule has 1 aliphatic rings. The van der Waals surface area contributed by atoms with Crippen LogP contribution in [0.1, 0.15) is 42.4 Å². The minimum atomic E-state index is -1.03. The Morgan fingerprint density at radius 3 is 2.63 bits per heavy atom. The highest BCUT2D eigenvalue weighted by Gasteiger charge is 2.46. The average Bonchev–Trinajstić information content (AvgIpc) is 3.33. The summed E-state index contributed by atoms with van der Waals surface area (Å²) in [7, 11) is 1.24. The zero-order valence-corrected chi connectivity index (χ0v) is 17.6. The molecule has 1 aromatic heterocycles. The minimum absolute atomic E-state index is 0.0667. The Balaban J connectivity index is 1.84. The van der Waals surface area contributed by atoms with Crippen molar-refractivity contribution >= 4 is 40.3 Å². The van der Waals surface area contributed by atoms with Gasteiger partial charge < -0.3 is 15.4 Å². The van der Waals surface area contributed by atoms with Crippen LogP contribution >= 0.6 is 11.3 Å². The van der Waals surface area contributed by atoms with Gasteiger partial charge in [0.1, 0.15) is 12.1 Å². The van der Waals surface area contributed by atoms with Crippen molar-refractivity contribution in [2.45, 2.75) is 32.4 Å². The second-order valence-corrected chi connectivity index (χ2v) is 7.71. The number of imide groups is 1. The Morgan fingerprint density at radius 1 is 1.30 bits per heavy atom. The van der Waals surface area contributed by atoms with E-state index in [1.54, 1.807) is 31.2 Å². The summed E-state index contributed by atoms with van der Waals surface area (Å²) in [6.45, 7) is 3.67. The lowest BCUT2D eigenvalue weighted by molar-refractivity contribution is -0.135. The van der Waals surface area contributed by atoms with E-state index in [1.807, 2.05) is 13.0 Å². The Kier molecular flexibility index (Phi) is 6.46. The van der Waals surface area contributed by atoms with Crippen LogP contribution in [-0.2, 0) is 14.3 Å². The van der Waals surface area contributed by atoms with Crippen LogP contribution in [0.4, 0.5) is 9.93 Å². The summed E-state index contributed by atoms with van der Waals surface area (Å²) in [5, 5.41) is 6.91. The average molecular weight is 430 g/mol. The van der Waals surface area contributed by atoms with Crippen LogP contribution in [0.5, 0.6) is 0 Å². The van der Waals surface area contributed by atoms with Gasteiger partial charge in [-0.05, 0) is 11.5 Å². The fourth-order valence-corrected chi connectivity index (χ4v) is 3.87. The Bertz CT molecular complexity index is 961. The normalized spacial score (nSPS) is 18.0. The fourth-order valence-electron chi connectivity index (χ4n) is 3.19. The van der Waals surface area contributed by atoms with E-state index >= 15 is 0 Å². The van der Waals surface area contributed by atoms with Crippen LogP contribution in [0, 0.1) is 5.92 Å². The number of urea groups is 1. The Labute approximate surface area is 177 Å². The van der Waals surface area contributed by atoms with Gasteiger partial charge >= 0.3 is 12.0 Å². The molecule has 1 saturated heterocycles. The zero-order valence-electron chi connectivity index (χ0n) is 16.7. The number of carbonyl (C=O) groups excluding carboxylic acids is 4. The molecule has 2 unspecified atom stereocenters. The third-order valence-corrected chi connectivity index (χ3v) is 5.72. The number of methoxy groups -OCH3 is 1. The fraction of sp³-hybridized carbons (Fsp3) is 0.350. The summed E-state index contributed by atoms with van der Waals surface area (Å²) in [5.74, 6) is -1.95. The van der Waals surface area contributed by atoms with Gasteiger partial charge in [0.05, 0.1) is 7.11 Å². The first-order valence-electron chi connectivity index (χ1n) is 9.40. The van der Waals surface area contributed by atoms with Crippen LogP contribution < -0.4 is 10.6 Å². The first-order valence-corrected chi connectivity index (χ1v) is 10.3. The van der Waals surface area contributed by atoms with Gasteiger partial charge in [0.15, 0.2) is 10.8 Å². The van der Waals surface area contributed by atoms with E-state index < -0.39 is 35.9 Å². The first-order chi connectivity index (χ1) is 14.4. The van der Waals surface area contributed by atoms with E-state index in [2.05, 4.69) is 20.4 Å². The predicted octanol–water partition coefficient (Wildman–Crippen LogP) is 2.58. The molecule has 30 heavy (non-hydrogen) atoms. The van der Waals surface area contributed by atoms with Gasteiger partial charge in [0.25, 0.3) is 5.91 Å². The largest absolute Gasteiger partial charge is 0.464 e. The molecule has 0 saturated carbocycles. The van der Waals surface area contributed by atoms with Crippen LogP contribution in [0.3, 0.4) is 0 Å². The Hall–Kier alpha value is -3.27. The van der Waals surface area contributed by atoms with Crippen molar-refractivity contribution in [2.75, 3.05) is 12.4 Å². The highest BCUT2D eigenvalue weighted by molar-refractivity contribution is 7.14. The van der Waals surface area contributed by atoms with Gasteiger partial charge in [0, 0.05) is 5.38 Å². The monoisotopic (exact) mass is 430 g/mol. The smallest absolute Gasteiger partial charge is 0.357 e. The number of rotatable bonds is 7. The number of hydrogen-bond acceptors (Lipinski definition) is 7. The third-order valence-electron chi connectivity index (χ3n) is 4.96. The molecule has 1 aliphatic heterocycles. The van der Waals surface area contributed by atoms with Gasteiger partial charge in [-0.2, -0.15) is 0 Å². The van der Waals surface area contributed by atoms with Gasteiger partial charge in [0.2, 0.25) is 5.91 Å². The summed E-state index contributed by atoms with van der Waals surface area (Å²) in [4.78, 5) is 55.3. The molecule has 10 heteroatoms. The SMILES string of the molecule is CCC(C)C(C(=O)Nc1nc(C(=O)OC)cs1)N1C(=O)N[C@H](c2ccccc2)C1=O. The number of aromatic nitrogens is 1. The van der Waals surface area contributed by atoms with Crippen LogP contribution in [0.25, 0.3) is 0 Å². The highest BCUT2D eigenvalue weighted by Crippen LogP contribution is 2.28. The van der Waals surface area contributed by atoms with Gasteiger partial charge in [-0.1, -0.05) is 50.6 Å². The van der Waals surface area contributed by atoms with Gasteiger partial charge in [-0.25, -0.2) is 19.5 Å². The molecule has 1 fully saturated rings. The second kappa shape index (κ2) is 9.04. The number of benzene rings is 1. The molecule has 2 heterocycles. The molecule has 2 aromatic rings. The number of carbonyl (C=O) groups is 4. The van der Waals surface area contributed by atoms with Gasteiger partial charge in [-0.3, -0.25) is 9.59 Å². The topological polar surface area (TPSA) is 118 Å². The molecule has 1 aromatic carbocycles. The van der Waals surface area contributed by atoms with Crippen molar-refractivity contribution in [3.05, 3.63) is 47.0 Å². The second-order valence-electron chi connectivity index (χ2n) is 6.85. The van der Waals surface area contributed by atoms with E-state index in [4.69, 9.17) is 0 Å². The summed E-state index contributed by atoms with van der Waals surface area (Å²) < 4.78 is 4.61. The molecule has 9 nitrogen and oxygen atoms in total. The number of ether oxygens (including phenoxy) is 1. The van der Waals surface area contributed by atoms with Crippen LogP contribution in [-0.4, -0.2) is 46.9 Å². The predicted molar refractivity (Wildman–Crippen MR) is 110 cm³/mol. The van der Waals surface area contributed by atoms with Crippen LogP contribution in [0.15, 0.2) is 35.7 Å². The number of anilines is 1. The maximum absolute atomic E-state index is 13.1. The zero-order chi connectivity index (χ0) is 21.8. The number of nitrogens with zero attached hydrogens (tertiary/aromatic N) is 2. The van der Waals surface area contributed by atoms with Crippen molar-refractivity contribution in [1.29, 1.82) is 0 Å².